The number of fused-ring (bicyclic) bond motifs is 1. The molecule has 0 fully saturated rings. The van der Waals surface area contributed by atoms with Gasteiger partial charge >= 0.3 is 0 Å². The van der Waals surface area contributed by atoms with Crippen molar-refractivity contribution in [1.29, 1.82) is 0 Å². The summed E-state index contributed by atoms with van der Waals surface area (Å²) in [5.74, 6) is 0.160. The lowest BCUT2D eigenvalue weighted by Gasteiger charge is -2.16. The van der Waals surface area contributed by atoms with Gasteiger partial charge in [-0.25, -0.2) is 4.99 Å². The topological polar surface area (TPSA) is 64.4 Å². The van der Waals surface area contributed by atoms with Crippen LogP contribution in [-0.4, -0.2) is 5.96 Å². The molecule has 1 aromatic rings. The van der Waals surface area contributed by atoms with Crippen LogP contribution in [0.5, 0.6) is 0 Å². The first kappa shape index (κ1) is 10.0. The molecule has 0 spiro atoms. The molecule has 80 valence electrons. The average Bonchev–Trinajstić information content (AvgIpc) is 2.26. The van der Waals surface area contributed by atoms with Crippen molar-refractivity contribution in [2.75, 3.05) is 0 Å². The highest BCUT2D eigenvalue weighted by atomic mass is 15.0. The molecule has 0 heterocycles. The minimum absolute atomic E-state index is 0.160. The van der Waals surface area contributed by atoms with Gasteiger partial charge in [0.05, 0.1) is 6.54 Å². The van der Waals surface area contributed by atoms with E-state index in [0.29, 0.717) is 6.54 Å². The van der Waals surface area contributed by atoms with Gasteiger partial charge in [0.25, 0.3) is 0 Å². The Bertz CT molecular complexity index is 378. The standard InChI is InChI=1S/C12H17N3/c13-12(14)15-8-9-5-6-10-3-1-2-4-11(10)7-9/h5-7H,1-4,8H2,(H4,13,14,15). The SMILES string of the molecule is NC(N)=NCc1ccc2c(c1)CCCC2. The van der Waals surface area contributed by atoms with Crippen LogP contribution in [0.1, 0.15) is 29.5 Å². The third kappa shape index (κ3) is 2.49. The highest BCUT2D eigenvalue weighted by Crippen LogP contribution is 2.22. The van der Waals surface area contributed by atoms with Gasteiger partial charge in [-0.3, -0.25) is 0 Å². The lowest BCUT2D eigenvalue weighted by atomic mass is 9.90. The summed E-state index contributed by atoms with van der Waals surface area (Å²) in [5.41, 5.74) is 14.8. The molecular weight excluding hydrogens is 186 g/mol. The van der Waals surface area contributed by atoms with Crippen LogP contribution < -0.4 is 11.5 Å². The molecule has 0 amide bonds. The van der Waals surface area contributed by atoms with Gasteiger partial charge in [0, 0.05) is 0 Å². The summed E-state index contributed by atoms with van der Waals surface area (Å²) in [4.78, 5) is 4.02. The van der Waals surface area contributed by atoms with Gasteiger partial charge in [0.15, 0.2) is 5.96 Å². The molecule has 2 rings (SSSR count). The molecule has 1 aliphatic carbocycles. The predicted molar refractivity (Wildman–Crippen MR) is 62.6 cm³/mol. The van der Waals surface area contributed by atoms with E-state index in [2.05, 4.69) is 23.2 Å². The van der Waals surface area contributed by atoms with Crippen molar-refractivity contribution >= 4 is 5.96 Å². The van der Waals surface area contributed by atoms with Crippen molar-refractivity contribution in [3.63, 3.8) is 0 Å². The molecule has 0 bridgehead atoms. The maximum Gasteiger partial charge on any atom is 0.186 e. The molecular formula is C12H17N3. The highest BCUT2D eigenvalue weighted by molar-refractivity contribution is 5.75. The molecule has 0 atom stereocenters. The Morgan fingerprint density at radius 3 is 2.60 bits per heavy atom. The summed E-state index contributed by atoms with van der Waals surface area (Å²) >= 11 is 0. The van der Waals surface area contributed by atoms with Gasteiger partial charge in [-0.1, -0.05) is 18.2 Å². The zero-order valence-corrected chi connectivity index (χ0v) is 8.87. The van der Waals surface area contributed by atoms with Crippen molar-refractivity contribution in [1.82, 2.24) is 0 Å². The molecule has 0 radical (unpaired) electrons. The lowest BCUT2D eigenvalue weighted by molar-refractivity contribution is 0.684. The Morgan fingerprint density at radius 1 is 1.13 bits per heavy atom. The second-order valence-corrected chi connectivity index (χ2v) is 4.05. The summed E-state index contributed by atoms with van der Waals surface area (Å²) in [7, 11) is 0. The van der Waals surface area contributed by atoms with E-state index in [9.17, 15) is 0 Å². The van der Waals surface area contributed by atoms with Crippen molar-refractivity contribution in [2.45, 2.75) is 32.2 Å². The normalized spacial score (nSPS) is 14.4. The molecule has 0 aromatic heterocycles. The minimum atomic E-state index is 0.160. The lowest BCUT2D eigenvalue weighted by Crippen LogP contribution is -2.22. The Kier molecular flexibility index (Phi) is 2.90. The minimum Gasteiger partial charge on any atom is -0.370 e. The predicted octanol–water partition coefficient (Wildman–Crippen LogP) is 1.34. The molecule has 0 aliphatic heterocycles. The third-order valence-corrected chi connectivity index (χ3v) is 2.86. The molecule has 1 aromatic carbocycles. The van der Waals surface area contributed by atoms with Crippen LogP contribution in [0.2, 0.25) is 0 Å². The van der Waals surface area contributed by atoms with Crippen molar-refractivity contribution in [3.8, 4) is 0 Å². The van der Waals surface area contributed by atoms with E-state index >= 15 is 0 Å². The highest BCUT2D eigenvalue weighted by Gasteiger charge is 2.08. The Labute approximate surface area is 90.2 Å². The van der Waals surface area contributed by atoms with Crippen LogP contribution in [0.3, 0.4) is 0 Å². The monoisotopic (exact) mass is 203 g/mol. The fraction of sp³-hybridized carbons (Fsp3) is 0.417. The van der Waals surface area contributed by atoms with Crippen LogP contribution in [0, 0.1) is 0 Å². The number of aliphatic imine (C=N–C) groups is 1. The van der Waals surface area contributed by atoms with Gasteiger partial charge in [-0.05, 0) is 42.4 Å². The first-order chi connectivity index (χ1) is 7.25. The maximum atomic E-state index is 5.31. The van der Waals surface area contributed by atoms with Crippen LogP contribution in [0.4, 0.5) is 0 Å². The number of guanidine groups is 1. The number of hydrogen-bond acceptors (Lipinski definition) is 1. The van der Waals surface area contributed by atoms with Crippen molar-refractivity contribution in [3.05, 3.63) is 34.9 Å². The Morgan fingerprint density at radius 2 is 1.87 bits per heavy atom. The summed E-state index contributed by atoms with van der Waals surface area (Å²) in [5, 5.41) is 0. The first-order valence-electron chi connectivity index (χ1n) is 5.42. The molecule has 15 heavy (non-hydrogen) atoms. The van der Waals surface area contributed by atoms with E-state index in [4.69, 9.17) is 11.5 Å². The number of hydrogen-bond donors (Lipinski definition) is 2. The van der Waals surface area contributed by atoms with Crippen LogP contribution in [0.15, 0.2) is 23.2 Å². The van der Waals surface area contributed by atoms with Gasteiger partial charge in [0.2, 0.25) is 0 Å². The molecule has 0 unspecified atom stereocenters. The van der Waals surface area contributed by atoms with Gasteiger partial charge in [-0.15, -0.1) is 0 Å². The summed E-state index contributed by atoms with van der Waals surface area (Å²) in [6, 6.07) is 6.57. The smallest absolute Gasteiger partial charge is 0.186 e. The fourth-order valence-electron chi connectivity index (χ4n) is 2.07. The van der Waals surface area contributed by atoms with E-state index < -0.39 is 0 Å². The maximum absolute atomic E-state index is 5.31. The van der Waals surface area contributed by atoms with Crippen LogP contribution in [0.25, 0.3) is 0 Å². The fourth-order valence-corrected chi connectivity index (χ4v) is 2.07. The van der Waals surface area contributed by atoms with Crippen molar-refractivity contribution < 1.29 is 0 Å². The van der Waals surface area contributed by atoms with Crippen molar-refractivity contribution in [2.24, 2.45) is 16.5 Å². The average molecular weight is 203 g/mol. The largest absolute Gasteiger partial charge is 0.370 e. The number of rotatable bonds is 2. The second-order valence-electron chi connectivity index (χ2n) is 4.05. The van der Waals surface area contributed by atoms with E-state index in [0.717, 1.165) is 0 Å². The van der Waals surface area contributed by atoms with Gasteiger partial charge in [-0.2, -0.15) is 0 Å². The number of aryl methyl sites for hydroxylation is 2. The van der Waals surface area contributed by atoms with Gasteiger partial charge < -0.3 is 11.5 Å². The quantitative estimate of drug-likeness (QED) is 0.562. The Hall–Kier alpha value is -1.51. The summed E-state index contributed by atoms with van der Waals surface area (Å²) < 4.78 is 0. The zero-order chi connectivity index (χ0) is 10.7. The third-order valence-electron chi connectivity index (χ3n) is 2.86. The van der Waals surface area contributed by atoms with Gasteiger partial charge in [0.1, 0.15) is 0 Å². The number of nitrogens with zero attached hydrogens (tertiary/aromatic N) is 1. The number of benzene rings is 1. The molecule has 1 aliphatic rings. The zero-order valence-electron chi connectivity index (χ0n) is 8.87. The molecule has 3 heteroatoms. The van der Waals surface area contributed by atoms with E-state index in [-0.39, 0.29) is 5.96 Å². The molecule has 0 saturated carbocycles. The summed E-state index contributed by atoms with van der Waals surface area (Å²) in [6.45, 7) is 0.593. The van der Waals surface area contributed by atoms with E-state index in [1.54, 1.807) is 0 Å². The van der Waals surface area contributed by atoms with Crippen LogP contribution in [-0.2, 0) is 19.4 Å². The van der Waals surface area contributed by atoms with E-state index in [1.165, 1.54) is 42.4 Å². The Balaban J connectivity index is 2.17. The first-order valence-corrected chi connectivity index (χ1v) is 5.42. The second kappa shape index (κ2) is 4.34. The molecule has 4 N–H and O–H groups in total. The molecule has 0 saturated heterocycles. The summed E-state index contributed by atoms with van der Waals surface area (Å²) in [6.07, 6.45) is 5.04. The molecule has 3 nitrogen and oxygen atoms in total. The number of nitrogens with two attached hydrogens (primary N) is 2. The van der Waals surface area contributed by atoms with Crippen LogP contribution >= 0.6 is 0 Å². The van der Waals surface area contributed by atoms with E-state index in [1.807, 2.05) is 0 Å².